The molecule has 0 radical (unpaired) electrons. The monoisotopic (exact) mass is 507 g/mol. The van der Waals surface area contributed by atoms with Crippen molar-refractivity contribution in [2.45, 2.75) is 18.8 Å². The predicted molar refractivity (Wildman–Crippen MR) is 153 cm³/mol. The predicted octanol–water partition coefficient (Wildman–Crippen LogP) is 4.10. The summed E-state index contributed by atoms with van der Waals surface area (Å²) in [6.07, 6.45) is 2.28. The number of nitrogens with zero attached hydrogens (tertiary/aromatic N) is 7. The minimum Gasteiger partial charge on any atom is -0.370 e. The molecule has 2 fully saturated rings. The molecule has 2 bridgehead atoms. The van der Waals surface area contributed by atoms with Crippen molar-refractivity contribution in [2.75, 3.05) is 67.2 Å². The van der Waals surface area contributed by atoms with E-state index in [4.69, 9.17) is 15.8 Å². The number of rotatable bonds is 5. The fourth-order valence-electron chi connectivity index (χ4n) is 5.98. The van der Waals surface area contributed by atoms with Crippen molar-refractivity contribution in [2.24, 2.45) is 0 Å². The van der Waals surface area contributed by atoms with Gasteiger partial charge in [-0.15, -0.1) is 5.10 Å². The largest absolute Gasteiger partial charge is 0.370 e. The van der Waals surface area contributed by atoms with Crippen LogP contribution in [0.1, 0.15) is 24.5 Å². The second-order valence-corrected chi connectivity index (χ2v) is 10.6. The Morgan fingerprint density at radius 1 is 0.842 bits per heavy atom. The lowest BCUT2D eigenvalue weighted by molar-refractivity contribution is 0.313. The molecule has 0 atom stereocenters. The molecule has 0 unspecified atom stereocenters. The molecule has 2 aromatic heterocycles. The summed E-state index contributed by atoms with van der Waals surface area (Å²) in [4.78, 5) is 16.9. The summed E-state index contributed by atoms with van der Waals surface area (Å²) in [6, 6.07) is 21.1. The summed E-state index contributed by atoms with van der Waals surface area (Å²) in [7, 11) is 2.17. The lowest BCUT2D eigenvalue weighted by atomic mass is 9.84. The van der Waals surface area contributed by atoms with Crippen molar-refractivity contribution in [3.8, 4) is 16.9 Å². The van der Waals surface area contributed by atoms with Crippen LogP contribution in [0.5, 0.6) is 0 Å². The quantitative estimate of drug-likeness (QED) is 0.417. The molecule has 194 valence electrons. The molecule has 9 nitrogen and oxygen atoms in total. The SMILES string of the molecule is CN1CCN(c2ccc(Nc3nc(N)n(-c4cc(-c5ccccc5)c5c(n4)C4CCN5CC4)n3)cc2)CC1. The van der Waals surface area contributed by atoms with Gasteiger partial charge in [0.05, 0.1) is 11.4 Å². The molecule has 2 aromatic carbocycles. The Morgan fingerprint density at radius 2 is 1.58 bits per heavy atom. The van der Waals surface area contributed by atoms with Gasteiger partial charge in [0.15, 0.2) is 5.82 Å². The van der Waals surface area contributed by atoms with Crippen LogP contribution in [-0.4, -0.2) is 71.0 Å². The molecule has 0 amide bonds. The van der Waals surface area contributed by atoms with Gasteiger partial charge < -0.3 is 25.8 Å². The minimum absolute atomic E-state index is 0.314. The van der Waals surface area contributed by atoms with Crippen LogP contribution in [0.4, 0.5) is 29.0 Å². The third-order valence-electron chi connectivity index (χ3n) is 8.13. The zero-order valence-electron chi connectivity index (χ0n) is 21.7. The fourth-order valence-corrected chi connectivity index (χ4v) is 5.98. The first-order chi connectivity index (χ1) is 18.6. The Morgan fingerprint density at radius 3 is 2.32 bits per heavy atom. The van der Waals surface area contributed by atoms with Crippen LogP contribution >= 0.6 is 0 Å². The summed E-state index contributed by atoms with van der Waals surface area (Å²) >= 11 is 0. The van der Waals surface area contributed by atoms with Crippen molar-refractivity contribution in [3.05, 3.63) is 66.4 Å². The van der Waals surface area contributed by atoms with Crippen LogP contribution in [0.15, 0.2) is 60.7 Å². The number of anilines is 5. The number of hydrogen-bond acceptors (Lipinski definition) is 8. The van der Waals surface area contributed by atoms with Gasteiger partial charge in [-0.25, -0.2) is 4.98 Å². The molecule has 9 heteroatoms. The van der Waals surface area contributed by atoms with Crippen molar-refractivity contribution < 1.29 is 0 Å². The first-order valence-corrected chi connectivity index (χ1v) is 13.5. The van der Waals surface area contributed by atoms with Gasteiger partial charge in [-0.1, -0.05) is 30.3 Å². The van der Waals surface area contributed by atoms with Gasteiger partial charge in [-0.3, -0.25) is 0 Å². The number of nitrogen functional groups attached to an aromatic ring is 1. The van der Waals surface area contributed by atoms with E-state index < -0.39 is 0 Å². The van der Waals surface area contributed by atoms with Gasteiger partial charge in [-0.05, 0) is 55.8 Å². The Hall–Kier alpha value is -4.11. The van der Waals surface area contributed by atoms with E-state index in [1.54, 1.807) is 4.68 Å². The van der Waals surface area contributed by atoms with Crippen LogP contribution in [0.25, 0.3) is 16.9 Å². The average molecular weight is 508 g/mol. The maximum absolute atomic E-state index is 6.39. The number of hydrogen-bond donors (Lipinski definition) is 2. The first kappa shape index (κ1) is 23.0. The smallest absolute Gasteiger partial charge is 0.248 e. The van der Waals surface area contributed by atoms with Gasteiger partial charge in [0.1, 0.15) is 0 Å². The summed E-state index contributed by atoms with van der Waals surface area (Å²) in [5.41, 5.74) is 13.3. The van der Waals surface area contributed by atoms with E-state index in [0.29, 0.717) is 23.6 Å². The molecule has 0 saturated carbocycles. The molecular weight excluding hydrogens is 474 g/mol. The van der Waals surface area contributed by atoms with E-state index in [1.807, 2.05) is 0 Å². The highest BCUT2D eigenvalue weighted by molar-refractivity contribution is 5.83. The Kier molecular flexibility index (Phi) is 5.65. The summed E-state index contributed by atoms with van der Waals surface area (Å²) in [6.45, 7) is 6.44. The summed E-state index contributed by atoms with van der Waals surface area (Å²) in [5.74, 6) is 1.95. The molecule has 4 aliphatic rings. The first-order valence-electron chi connectivity index (χ1n) is 13.5. The van der Waals surface area contributed by atoms with E-state index in [0.717, 1.165) is 63.5 Å². The van der Waals surface area contributed by atoms with E-state index in [2.05, 4.69) is 92.7 Å². The van der Waals surface area contributed by atoms with E-state index in [9.17, 15) is 0 Å². The molecule has 0 spiro atoms. The lowest BCUT2D eigenvalue weighted by Crippen LogP contribution is -2.44. The summed E-state index contributed by atoms with van der Waals surface area (Å²) < 4.78 is 1.66. The van der Waals surface area contributed by atoms with Crippen molar-refractivity contribution in [3.63, 3.8) is 0 Å². The standard InChI is InChI=1S/C29H33N9/c1-35-15-17-36(18-16-35)23-9-7-22(8-10-23)31-29-33-28(30)38(34-29)25-19-24(20-5-3-2-4-6-20)27-26(32-25)21-11-13-37(27)14-12-21/h2-10,19,21H,11-18H2,1H3,(H3,30,31,33,34). The molecule has 2 saturated heterocycles. The molecular formula is C29H33N9. The van der Waals surface area contributed by atoms with Gasteiger partial charge in [0.25, 0.3) is 0 Å². The number of piperazine rings is 1. The molecule has 6 heterocycles. The average Bonchev–Trinajstić information content (AvgIpc) is 3.34. The maximum atomic E-state index is 6.39. The molecule has 3 N–H and O–H groups in total. The van der Waals surface area contributed by atoms with Crippen molar-refractivity contribution >= 4 is 29.0 Å². The van der Waals surface area contributed by atoms with E-state index >= 15 is 0 Å². The van der Waals surface area contributed by atoms with Crippen molar-refractivity contribution in [1.82, 2.24) is 24.6 Å². The van der Waals surface area contributed by atoms with Crippen LogP contribution in [0.3, 0.4) is 0 Å². The normalized spacial score (nSPS) is 17.6. The second-order valence-electron chi connectivity index (χ2n) is 10.6. The van der Waals surface area contributed by atoms with Gasteiger partial charge in [-0.2, -0.15) is 9.67 Å². The Balaban J connectivity index is 1.19. The van der Waals surface area contributed by atoms with Crippen molar-refractivity contribution in [1.29, 1.82) is 0 Å². The number of benzene rings is 2. The number of nitrogens with two attached hydrogens (primary N) is 1. The highest BCUT2D eigenvalue weighted by Crippen LogP contribution is 2.46. The van der Waals surface area contributed by atoms with Crippen LogP contribution in [0.2, 0.25) is 0 Å². The molecule has 4 aliphatic heterocycles. The van der Waals surface area contributed by atoms with Crippen LogP contribution in [-0.2, 0) is 0 Å². The Labute approximate surface area is 222 Å². The zero-order valence-corrected chi connectivity index (χ0v) is 21.7. The van der Waals surface area contributed by atoms with Gasteiger partial charge in [0, 0.05) is 62.1 Å². The number of piperidine rings is 1. The van der Waals surface area contributed by atoms with E-state index in [-0.39, 0.29) is 0 Å². The molecule has 0 aliphatic carbocycles. The number of nitrogens with one attached hydrogen (secondary N) is 1. The molecule has 4 aromatic rings. The highest BCUT2D eigenvalue weighted by atomic mass is 15.4. The van der Waals surface area contributed by atoms with Crippen LogP contribution in [0, 0.1) is 0 Å². The third-order valence-corrected chi connectivity index (χ3v) is 8.13. The topological polar surface area (TPSA) is 91.4 Å². The van der Waals surface area contributed by atoms with E-state index in [1.165, 1.54) is 22.5 Å². The Bertz CT molecular complexity index is 1430. The molecule has 8 rings (SSSR count). The number of pyridine rings is 1. The second kappa shape index (κ2) is 9.33. The van der Waals surface area contributed by atoms with Gasteiger partial charge in [0.2, 0.25) is 11.9 Å². The third kappa shape index (κ3) is 4.12. The lowest BCUT2D eigenvalue weighted by Gasteiger charge is -2.42. The number of likely N-dealkylation sites (N-methyl/N-ethyl adjacent to an activating group) is 1. The maximum Gasteiger partial charge on any atom is 0.248 e. The minimum atomic E-state index is 0.314. The highest BCUT2D eigenvalue weighted by Gasteiger charge is 2.35. The summed E-state index contributed by atoms with van der Waals surface area (Å²) in [5, 5.41) is 8.04. The van der Waals surface area contributed by atoms with Gasteiger partial charge >= 0.3 is 0 Å². The number of fused-ring (bicyclic) bond motifs is 2. The molecule has 38 heavy (non-hydrogen) atoms. The van der Waals surface area contributed by atoms with Crippen LogP contribution < -0.4 is 20.9 Å². The fraction of sp³-hybridized carbons (Fsp3) is 0.345. The number of aromatic nitrogens is 4. The zero-order chi connectivity index (χ0) is 25.6.